The minimum atomic E-state index is -2.28. The maximum Gasteiger partial charge on any atom is 0.351 e. The number of likely N-dealkylation sites (tertiary alicyclic amines) is 1. The van der Waals surface area contributed by atoms with E-state index in [0.717, 1.165) is 110 Å². The van der Waals surface area contributed by atoms with Gasteiger partial charge in [-0.25, -0.2) is 4.79 Å². The van der Waals surface area contributed by atoms with Gasteiger partial charge in [-0.05, 0) is 116 Å². The van der Waals surface area contributed by atoms with Crippen molar-refractivity contribution in [2.75, 3.05) is 66.4 Å². The standard InChI is InChI=1S/C47H83NO13/c1-4-6-8-10-15-27-41(49)56-34-23-13-25-37-59-45(53)40-47(39-44(52)58-36-22-12-21-33-55-3,61-43(51)29-17-18-30-48-31-19-20-32-48)46(54)60-38-26-14-24-35-57-42(50)28-16-11-9-7-5-2/h4-40H2,1-3H3. The van der Waals surface area contributed by atoms with Crippen molar-refractivity contribution in [1.82, 2.24) is 4.90 Å². The summed E-state index contributed by atoms with van der Waals surface area (Å²) in [5.41, 5.74) is -2.28. The summed E-state index contributed by atoms with van der Waals surface area (Å²) in [6.45, 7) is 8.37. The summed E-state index contributed by atoms with van der Waals surface area (Å²) in [5, 5.41) is 0. The van der Waals surface area contributed by atoms with Crippen LogP contribution >= 0.6 is 0 Å². The second kappa shape index (κ2) is 38.4. The third-order valence-corrected chi connectivity index (χ3v) is 10.7. The van der Waals surface area contributed by atoms with E-state index >= 15 is 0 Å². The average molecular weight is 870 g/mol. The zero-order valence-electron chi connectivity index (χ0n) is 38.4. The third-order valence-electron chi connectivity index (χ3n) is 10.7. The molecule has 0 aromatic rings. The molecule has 354 valence electrons. The van der Waals surface area contributed by atoms with Gasteiger partial charge in [-0.1, -0.05) is 65.2 Å². The zero-order valence-corrected chi connectivity index (χ0v) is 38.4. The Labute approximate surface area is 367 Å². The topological polar surface area (TPSA) is 170 Å². The number of unbranched alkanes of at least 4 members (excludes halogenated alkanes) is 15. The summed E-state index contributed by atoms with van der Waals surface area (Å²) in [5.74, 6) is -3.80. The van der Waals surface area contributed by atoms with Crippen molar-refractivity contribution in [3.05, 3.63) is 0 Å². The van der Waals surface area contributed by atoms with Crippen molar-refractivity contribution in [1.29, 1.82) is 0 Å². The Morgan fingerprint density at radius 2 is 0.803 bits per heavy atom. The Kier molecular flexibility index (Phi) is 35.1. The van der Waals surface area contributed by atoms with Gasteiger partial charge < -0.3 is 38.1 Å². The molecule has 0 saturated carbocycles. The van der Waals surface area contributed by atoms with Gasteiger partial charge in [-0.2, -0.15) is 0 Å². The lowest BCUT2D eigenvalue weighted by Crippen LogP contribution is -2.48. The lowest BCUT2D eigenvalue weighted by atomic mass is 9.94. The number of methoxy groups -OCH3 is 1. The summed E-state index contributed by atoms with van der Waals surface area (Å²) in [4.78, 5) is 80.3. The number of carbonyl (C=O) groups excluding carboxylic acids is 6. The van der Waals surface area contributed by atoms with E-state index in [9.17, 15) is 28.8 Å². The van der Waals surface area contributed by atoms with E-state index < -0.39 is 42.3 Å². The quantitative estimate of drug-likeness (QED) is 0.0324. The van der Waals surface area contributed by atoms with Gasteiger partial charge in [0.05, 0.1) is 45.9 Å². The van der Waals surface area contributed by atoms with Crippen LogP contribution in [0.3, 0.4) is 0 Å². The smallest absolute Gasteiger partial charge is 0.351 e. The summed E-state index contributed by atoms with van der Waals surface area (Å²) in [6, 6.07) is 0. The lowest BCUT2D eigenvalue weighted by molar-refractivity contribution is -0.191. The van der Waals surface area contributed by atoms with Crippen LogP contribution in [-0.4, -0.2) is 113 Å². The Morgan fingerprint density at radius 3 is 1.26 bits per heavy atom. The number of hydrogen-bond acceptors (Lipinski definition) is 14. The van der Waals surface area contributed by atoms with Crippen molar-refractivity contribution in [3.63, 3.8) is 0 Å². The minimum Gasteiger partial charge on any atom is -0.466 e. The molecule has 0 N–H and O–H groups in total. The maximum absolute atomic E-state index is 13.9. The highest BCUT2D eigenvalue weighted by Gasteiger charge is 2.49. The van der Waals surface area contributed by atoms with Crippen molar-refractivity contribution in [3.8, 4) is 0 Å². The van der Waals surface area contributed by atoms with Crippen LogP contribution < -0.4 is 0 Å². The molecule has 1 unspecified atom stereocenters. The Hall–Kier alpha value is -3.26. The highest BCUT2D eigenvalue weighted by atomic mass is 16.6. The van der Waals surface area contributed by atoms with E-state index in [-0.39, 0.29) is 51.4 Å². The number of nitrogens with zero attached hydrogens (tertiary/aromatic N) is 1. The minimum absolute atomic E-state index is 0.00659. The number of ether oxygens (including phenoxy) is 7. The molecule has 1 heterocycles. The van der Waals surface area contributed by atoms with E-state index in [1.807, 2.05) is 0 Å². The van der Waals surface area contributed by atoms with Crippen molar-refractivity contribution in [2.45, 2.75) is 199 Å². The summed E-state index contributed by atoms with van der Waals surface area (Å²) >= 11 is 0. The Balaban J connectivity index is 2.85. The number of rotatable bonds is 41. The van der Waals surface area contributed by atoms with Crippen LogP contribution in [-0.2, 0) is 61.9 Å². The van der Waals surface area contributed by atoms with E-state index in [0.29, 0.717) is 70.8 Å². The fourth-order valence-electron chi connectivity index (χ4n) is 6.99. The SMILES string of the molecule is CCCCCCCC(=O)OCCCCCOC(=O)CC(CC(=O)OCCCCCOC)(OC(=O)CCCCN1CCCC1)C(=O)OCCCCCOC(=O)CCCCCCC. The highest BCUT2D eigenvalue weighted by molar-refractivity contribution is 5.92. The van der Waals surface area contributed by atoms with Gasteiger partial charge in [0.1, 0.15) is 0 Å². The van der Waals surface area contributed by atoms with Crippen LogP contribution in [0.1, 0.15) is 194 Å². The maximum atomic E-state index is 13.9. The first-order valence-electron chi connectivity index (χ1n) is 23.9. The molecular formula is C47H83NO13. The van der Waals surface area contributed by atoms with Crippen LogP contribution in [0, 0.1) is 0 Å². The molecule has 1 aliphatic rings. The number of carbonyl (C=O) groups is 6. The van der Waals surface area contributed by atoms with Crippen LogP contribution in [0.5, 0.6) is 0 Å². The molecule has 0 aliphatic carbocycles. The molecule has 14 heteroatoms. The normalized spacial score (nSPS) is 13.6. The van der Waals surface area contributed by atoms with Crippen LogP contribution in [0.2, 0.25) is 0 Å². The monoisotopic (exact) mass is 870 g/mol. The Bertz CT molecular complexity index is 1180. The van der Waals surface area contributed by atoms with Gasteiger partial charge in [0, 0.05) is 33.0 Å². The second-order valence-corrected chi connectivity index (χ2v) is 16.3. The van der Waals surface area contributed by atoms with Gasteiger partial charge >= 0.3 is 35.8 Å². The zero-order chi connectivity index (χ0) is 44.7. The van der Waals surface area contributed by atoms with Crippen molar-refractivity contribution in [2.24, 2.45) is 0 Å². The predicted octanol–water partition coefficient (Wildman–Crippen LogP) is 8.91. The fourth-order valence-corrected chi connectivity index (χ4v) is 6.99. The Morgan fingerprint density at radius 1 is 0.426 bits per heavy atom. The predicted molar refractivity (Wildman–Crippen MR) is 233 cm³/mol. The highest BCUT2D eigenvalue weighted by Crippen LogP contribution is 2.27. The fraction of sp³-hybridized carbons (Fsp3) is 0.872. The first-order valence-corrected chi connectivity index (χ1v) is 23.9. The molecule has 0 bridgehead atoms. The molecule has 14 nitrogen and oxygen atoms in total. The summed E-state index contributed by atoms with van der Waals surface area (Å²) < 4.78 is 38.1. The van der Waals surface area contributed by atoms with Crippen LogP contribution in [0.25, 0.3) is 0 Å². The van der Waals surface area contributed by atoms with Gasteiger partial charge in [-0.3, -0.25) is 24.0 Å². The van der Waals surface area contributed by atoms with Gasteiger partial charge in [0.15, 0.2) is 0 Å². The molecule has 0 aromatic carbocycles. The third kappa shape index (κ3) is 31.3. The molecule has 0 amide bonds. The molecule has 1 rings (SSSR count). The van der Waals surface area contributed by atoms with Gasteiger partial charge in [-0.15, -0.1) is 0 Å². The molecule has 1 atom stereocenters. The lowest BCUT2D eigenvalue weighted by Gasteiger charge is -2.30. The van der Waals surface area contributed by atoms with E-state index in [1.165, 1.54) is 6.42 Å². The van der Waals surface area contributed by atoms with Gasteiger partial charge in [0.25, 0.3) is 0 Å². The molecule has 1 saturated heterocycles. The average Bonchev–Trinajstić information content (AvgIpc) is 3.76. The number of hydrogen-bond donors (Lipinski definition) is 0. The van der Waals surface area contributed by atoms with Gasteiger partial charge in [0.2, 0.25) is 5.60 Å². The molecule has 0 radical (unpaired) electrons. The molecule has 0 spiro atoms. The molecule has 61 heavy (non-hydrogen) atoms. The largest absolute Gasteiger partial charge is 0.466 e. The number of esters is 6. The summed E-state index contributed by atoms with van der Waals surface area (Å²) in [7, 11) is 1.62. The van der Waals surface area contributed by atoms with Crippen molar-refractivity contribution < 1.29 is 61.9 Å². The first kappa shape index (κ1) is 55.8. The van der Waals surface area contributed by atoms with Crippen molar-refractivity contribution >= 4 is 35.8 Å². The van der Waals surface area contributed by atoms with Crippen LogP contribution in [0.4, 0.5) is 0 Å². The second-order valence-electron chi connectivity index (χ2n) is 16.3. The molecule has 1 fully saturated rings. The van der Waals surface area contributed by atoms with E-state index in [2.05, 4.69) is 18.7 Å². The molecular weight excluding hydrogens is 787 g/mol. The first-order chi connectivity index (χ1) is 29.7. The molecule has 0 aromatic heterocycles. The molecule has 1 aliphatic heterocycles. The van der Waals surface area contributed by atoms with E-state index in [1.54, 1.807) is 7.11 Å². The van der Waals surface area contributed by atoms with Crippen LogP contribution in [0.15, 0.2) is 0 Å². The van der Waals surface area contributed by atoms with E-state index in [4.69, 9.17) is 33.2 Å². The summed E-state index contributed by atoms with van der Waals surface area (Å²) in [6.07, 6.45) is 18.9.